The van der Waals surface area contributed by atoms with Crippen molar-refractivity contribution in [3.05, 3.63) is 65.7 Å². The number of anilines is 1. The summed E-state index contributed by atoms with van der Waals surface area (Å²) in [5, 5.41) is 0. The first kappa shape index (κ1) is 16.2. The van der Waals surface area contributed by atoms with E-state index in [0.717, 1.165) is 12.0 Å². The summed E-state index contributed by atoms with van der Waals surface area (Å²) in [5.41, 5.74) is 2.04. The number of Topliss-reactive ketones (excluding diaryl/α,β-unsaturated/α-hetero) is 1. The molecule has 2 rings (SSSR count). The molecule has 0 saturated carbocycles. The minimum Gasteiger partial charge on any atom is -0.295 e. The van der Waals surface area contributed by atoms with Crippen LogP contribution >= 0.6 is 0 Å². The second kappa shape index (κ2) is 7.22. The molecule has 0 unspecified atom stereocenters. The minimum absolute atomic E-state index is 0.0478. The predicted molar refractivity (Wildman–Crippen MR) is 88.6 cm³/mol. The Hall–Kier alpha value is -2.14. The molecule has 4 nitrogen and oxygen atoms in total. The monoisotopic (exact) mass is 317 g/mol. The lowest BCUT2D eigenvalue weighted by atomic mass is 10.1. The Labute approximate surface area is 131 Å². The summed E-state index contributed by atoms with van der Waals surface area (Å²) >= 11 is 0. The van der Waals surface area contributed by atoms with Crippen LogP contribution < -0.4 is 4.72 Å². The van der Waals surface area contributed by atoms with Gasteiger partial charge in [-0.05, 0) is 37.5 Å². The van der Waals surface area contributed by atoms with Gasteiger partial charge in [-0.1, -0.05) is 42.5 Å². The van der Waals surface area contributed by atoms with Crippen LogP contribution in [0.15, 0.2) is 54.6 Å². The standard InChI is InChI=1S/C17H19NO3S/c1-14(19)16-10-5-11-17(13-16)18-22(20,21)12-6-9-15-7-3-2-4-8-15/h2-5,7-8,10-11,13,18H,6,9,12H2,1H3. The number of carbonyl (C=O) groups excluding carboxylic acids is 1. The number of nitrogens with one attached hydrogen (secondary N) is 1. The van der Waals surface area contributed by atoms with Crippen molar-refractivity contribution in [3.8, 4) is 0 Å². The van der Waals surface area contributed by atoms with Gasteiger partial charge in [-0.2, -0.15) is 0 Å². The van der Waals surface area contributed by atoms with E-state index in [9.17, 15) is 13.2 Å². The van der Waals surface area contributed by atoms with Crippen molar-refractivity contribution in [3.63, 3.8) is 0 Å². The van der Waals surface area contributed by atoms with Crippen molar-refractivity contribution in [1.82, 2.24) is 0 Å². The van der Waals surface area contributed by atoms with Crippen LogP contribution in [-0.2, 0) is 16.4 Å². The van der Waals surface area contributed by atoms with E-state index in [2.05, 4.69) is 4.72 Å². The van der Waals surface area contributed by atoms with Gasteiger partial charge in [0.2, 0.25) is 10.0 Å². The maximum atomic E-state index is 12.1. The smallest absolute Gasteiger partial charge is 0.232 e. The first-order chi connectivity index (χ1) is 10.5. The number of carbonyl (C=O) groups is 1. The molecule has 0 saturated heterocycles. The van der Waals surface area contributed by atoms with Crippen molar-refractivity contribution in [2.75, 3.05) is 10.5 Å². The lowest BCUT2D eigenvalue weighted by Crippen LogP contribution is -2.17. The molecule has 0 aromatic heterocycles. The summed E-state index contributed by atoms with van der Waals surface area (Å²) < 4.78 is 26.7. The largest absolute Gasteiger partial charge is 0.295 e. The van der Waals surface area contributed by atoms with E-state index in [1.54, 1.807) is 24.3 Å². The molecule has 0 amide bonds. The van der Waals surface area contributed by atoms with Crippen LogP contribution in [0.2, 0.25) is 0 Å². The van der Waals surface area contributed by atoms with Crippen LogP contribution in [0.4, 0.5) is 5.69 Å². The van der Waals surface area contributed by atoms with Gasteiger partial charge >= 0.3 is 0 Å². The second-order valence-electron chi connectivity index (χ2n) is 5.15. The Bertz CT molecular complexity index is 740. The molecule has 2 aromatic carbocycles. The van der Waals surface area contributed by atoms with Crippen molar-refractivity contribution in [1.29, 1.82) is 0 Å². The second-order valence-corrected chi connectivity index (χ2v) is 6.99. The van der Waals surface area contributed by atoms with Gasteiger partial charge in [-0.15, -0.1) is 0 Å². The van der Waals surface area contributed by atoms with Gasteiger partial charge in [0, 0.05) is 11.3 Å². The minimum atomic E-state index is -3.41. The van der Waals surface area contributed by atoms with Crippen LogP contribution in [0, 0.1) is 0 Å². The lowest BCUT2D eigenvalue weighted by Gasteiger charge is -2.09. The Kier molecular flexibility index (Phi) is 5.33. The quantitative estimate of drug-likeness (QED) is 0.797. The summed E-state index contributed by atoms with van der Waals surface area (Å²) in [6, 6.07) is 16.3. The van der Waals surface area contributed by atoms with Gasteiger partial charge in [0.05, 0.1) is 5.75 Å². The predicted octanol–water partition coefficient (Wildman–Crippen LogP) is 3.26. The van der Waals surface area contributed by atoms with E-state index in [1.165, 1.54) is 6.92 Å². The Morgan fingerprint density at radius 1 is 1.05 bits per heavy atom. The molecule has 0 spiro atoms. The highest BCUT2D eigenvalue weighted by Crippen LogP contribution is 2.14. The van der Waals surface area contributed by atoms with Crippen molar-refractivity contribution < 1.29 is 13.2 Å². The van der Waals surface area contributed by atoms with E-state index in [1.807, 2.05) is 30.3 Å². The SMILES string of the molecule is CC(=O)c1cccc(NS(=O)(=O)CCCc2ccccc2)c1. The van der Waals surface area contributed by atoms with Gasteiger partial charge < -0.3 is 0 Å². The Morgan fingerprint density at radius 3 is 2.45 bits per heavy atom. The average Bonchev–Trinajstić information content (AvgIpc) is 2.48. The molecule has 0 heterocycles. The summed E-state index contributed by atoms with van der Waals surface area (Å²) in [6.45, 7) is 1.45. The third kappa shape index (κ3) is 5.00. The fourth-order valence-electron chi connectivity index (χ4n) is 2.14. The zero-order valence-electron chi connectivity index (χ0n) is 12.5. The maximum Gasteiger partial charge on any atom is 0.232 e. The molecule has 0 radical (unpaired) electrons. The first-order valence-corrected chi connectivity index (χ1v) is 8.77. The highest BCUT2D eigenvalue weighted by Gasteiger charge is 2.11. The van der Waals surface area contributed by atoms with Gasteiger partial charge in [0.25, 0.3) is 0 Å². The molecule has 0 fully saturated rings. The molecule has 2 aromatic rings. The fraction of sp³-hybridized carbons (Fsp3) is 0.235. The van der Waals surface area contributed by atoms with Crippen LogP contribution in [0.5, 0.6) is 0 Å². The normalized spacial score (nSPS) is 11.1. The molecule has 0 aliphatic rings. The molecule has 22 heavy (non-hydrogen) atoms. The van der Waals surface area contributed by atoms with Crippen molar-refractivity contribution in [2.24, 2.45) is 0 Å². The van der Waals surface area contributed by atoms with Crippen molar-refractivity contribution in [2.45, 2.75) is 19.8 Å². The van der Waals surface area contributed by atoms with Crippen LogP contribution in [0.3, 0.4) is 0 Å². The summed E-state index contributed by atoms with van der Waals surface area (Å²) in [5.74, 6) is -0.0447. The topological polar surface area (TPSA) is 63.2 Å². The maximum absolute atomic E-state index is 12.1. The highest BCUT2D eigenvalue weighted by molar-refractivity contribution is 7.92. The van der Waals surface area contributed by atoms with Gasteiger partial charge in [0.15, 0.2) is 5.78 Å². The molecule has 0 aliphatic heterocycles. The number of rotatable bonds is 7. The highest BCUT2D eigenvalue weighted by atomic mass is 32.2. The number of hydrogen-bond donors (Lipinski definition) is 1. The van der Waals surface area contributed by atoms with Gasteiger partial charge in [-0.3, -0.25) is 9.52 Å². The van der Waals surface area contributed by atoms with E-state index in [-0.39, 0.29) is 11.5 Å². The van der Waals surface area contributed by atoms with E-state index in [4.69, 9.17) is 0 Å². The summed E-state index contributed by atoms with van der Waals surface area (Å²) in [7, 11) is -3.41. The zero-order chi connectivity index (χ0) is 16.0. The van der Waals surface area contributed by atoms with Crippen LogP contribution in [0.25, 0.3) is 0 Å². The number of aryl methyl sites for hydroxylation is 1. The summed E-state index contributed by atoms with van der Waals surface area (Å²) in [4.78, 5) is 11.3. The molecule has 116 valence electrons. The lowest BCUT2D eigenvalue weighted by molar-refractivity contribution is 0.101. The molecule has 5 heteroatoms. The number of hydrogen-bond acceptors (Lipinski definition) is 3. The zero-order valence-corrected chi connectivity index (χ0v) is 13.3. The molecular weight excluding hydrogens is 298 g/mol. The van der Waals surface area contributed by atoms with Crippen LogP contribution in [-0.4, -0.2) is 20.0 Å². The number of sulfonamides is 1. The molecule has 1 N–H and O–H groups in total. The molecular formula is C17H19NO3S. The third-order valence-corrected chi connectivity index (χ3v) is 4.64. The molecule has 0 aliphatic carbocycles. The first-order valence-electron chi connectivity index (χ1n) is 7.12. The Morgan fingerprint density at radius 2 is 1.77 bits per heavy atom. The van der Waals surface area contributed by atoms with Crippen LogP contribution in [0.1, 0.15) is 29.3 Å². The van der Waals surface area contributed by atoms with E-state index >= 15 is 0 Å². The number of ketones is 1. The van der Waals surface area contributed by atoms with Crippen molar-refractivity contribution >= 4 is 21.5 Å². The summed E-state index contributed by atoms with van der Waals surface area (Å²) in [6.07, 6.45) is 1.26. The van der Waals surface area contributed by atoms with Gasteiger partial charge in [-0.25, -0.2) is 8.42 Å². The molecule has 0 atom stereocenters. The van der Waals surface area contributed by atoms with E-state index < -0.39 is 10.0 Å². The van der Waals surface area contributed by atoms with Gasteiger partial charge in [0.1, 0.15) is 0 Å². The van der Waals surface area contributed by atoms with E-state index in [0.29, 0.717) is 17.7 Å². The fourth-order valence-corrected chi connectivity index (χ4v) is 3.26. The average molecular weight is 317 g/mol. The third-order valence-electron chi connectivity index (χ3n) is 3.26. The number of benzene rings is 2. The Balaban J connectivity index is 1.93. The molecule has 0 bridgehead atoms.